The molecule has 1 aromatic heterocycles. The third-order valence-electron chi connectivity index (χ3n) is 3.52. The summed E-state index contributed by atoms with van der Waals surface area (Å²) in [5.41, 5.74) is 3.76. The first-order valence-corrected chi connectivity index (χ1v) is 6.50. The Morgan fingerprint density at radius 1 is 1.11 bits per heavy atom. The van der Waals surface area contributed by atoms with Gasteiger partial charge >= 0.3 is 0 Å². The van der Waals surface area contributed by atoms with Gasteiger partial charge in [0.15, 0.2) is 13.2 Å². The summed E-state index contributed by atoms with van der Waals surface area (Å²) in [5, 5.41) is 0. The first-order chi connectivity index (χ1) is 9.27. The molecule has 1 aromatic carbocycles. The summed E-state index contributed by atoms with van der Waals surface area (Å²) in [6, 6.07) is 8.49. The fraction of sp³-hybridized carbons (Fsp3) is 0.188. The molecule has 1 aliphatic heterocycles. The lowest BCUT2D eigenvalue weighted by molar-refractivity contribution is -0.744. The second-order valence-electron chi connectivity index (χ2n) is 4.75. The predicted molar refractivity (Wildman–Crippen MR) is 77.3 cm³/mol. The van der Waals surface area contributed by atoms with Crippen LogP contribution in [0.5, 0.6) is 0 Å². The molecule has 0 N–H and O–H groups in total. The van der Waals surface area contributed by atoms with Gasteiger partial charge in [0.05, 0.1) is 6.20 Å². The highest BCUT2D eigenvalue weighted by Gasteiger charge is 2.14. The fourth-order valence-corrected chi connectivity index (χ4v) is 2.49. The first kappa shape index (κ1) is 11.8. The number of hydrogen-bond donors (Lipinski definition) is 0. The lowest BCUT2D eigenvalue weighted by atomic mass is 10.1. The molecule has 0 saturated carbocycles. The van der Waals surface area contributed by atoms with Gasteiger partial charge in [-0.3, -0.25) is 0 Å². The van der Waals surface area contributed by atoms with Gasteiger partial charge in [-0.2, -0.15) is 0 Å². The van der Waals surface area contributed by atoms with Gasteiger partial charge in [-0.05, 0) is 25.1 Å². The van der Waals surface area contributed by atoms with Crippen LogP contribution in [0.25, 0.3) is 5.69 Å². The molecule has 0 amide bonds. The minimum Gasteiger partial charge on any atom is -0.344 e. The van der Waals surface area contributed by atoms with E-state index in [-0.39, 0.29) is 0 Å². The third-order valence-corrected chi connectivity index (χ3v) is 3.52. The van der Waals surface area contributed by atoms with Crippen molar-refractivity contribution in [3.63, 3.8) is 0 Å². The van der Waals surface area contributed by atoms with Gasteiger partial charge in [0.25, 0.3) is 0 Å². The van der Waals surface area contributed by atoms with Crippen molar-refractivity contribution >= 4 is 5.69 Å². The van der Waals surface area contributed by atoms with Crippen LogP contribution in [0, 0.1) is 6.92 Å². The number of aromatic nitrogens is 2. The number of aryl methyl sites for hydroxylation is 1. The molecule has 19 heavy (non-hydrogen) atoms. The molecule has 3 nitrogen and oxygen atoms in total. The molecule has 3 heteroatoms. The molecular formula is C16H18N3+. The Hall–Kier alpha value is -2.29. The maximum Gasteiger partial charge on any atom is 0.195 e. The molecule has 0 bridgehead atoms. The van der Waals surface area contributed by atoms with Crippen LogP contribution >= 0.6 is 0 Å². The molecule has 1 aliphatic rings. The van der Waals surface area contributed by atoms with Crippen LogP contribution in [0.2, 0.25) is 0 Å². The highest BCUT2D eigenvalue weighted by atomic mass is 15.4. The molecular weight excluding hydrogens is 234 g/mol. The van der Waals surface area contributed by atoms with Gasteiger partial charge in [0, 0.05) is 30.1 Å². The lowest BCUT2D eigenvalue weighted by Gasteiger charge is -2.23. The van der Waals surface area contributed by atoms with Gasteiger partial charge in [0.2, 0.25) is 0 Å². The highest BCUT2D eigenvalue weighted by Crippen LogP contribution is 2.26. The van der Waals surface area contributed by atoms with E-state index in [0.717, 1.165) is 6.54 Å². The molecule has 0 spiro atoms. The van der Waals surface area contributed by atoms with Crippen molar-refractivity contribution in [1.29, 1.82) is 0 Å². The maximum absolute atomic E-state index is 2.27. The lowest BCUT2D eigenvalue weighted by Crippen LogP contribution is -2.37. The number of benzene rings is 1. The minimum absolute atomic E-state index is 0.929. The molecule has 0 fully saturated rings. The van der Waals surface area contributed by atoms with Crippen molar-refractivity contribution in [3.05, 3.63) is 66.7 Å². The number of hydrogen-bond acceptors (Lipinski definition) is 1. The Kier molecular flexibility index (Phi) is 2.95. The van der Waals surface area contributed by atoms with Gasteiger partial charge in [-0.25, -0.2) is 0 Å². The van der Waals surface area contributed by atoms with E-state index in [4.69, 9.17) is 0 Å². The quantitative estimate of drug-likeness (QED) is 0.748. The smallest absolute Gasteiger partial charge is 0.195 e. The number of rotatable bonds is 2. The van der Waals surface area contributed by atoms with Crippen molar-refractivity contribution in [3.8, 4) is 5.69 Å². The topological polar surface area (TPSA) is 12.1 Å². The van der Waals surface area contributed by atoms with Gasteiger partial charge in [0.1, 0.15) is 5.69 Å². The van der Waals surface area contributed by atoms with Crippen LogP contribution in [-0.2, 0) is 7.05 Å². The van der Waals surface area contributed by atoms with Crippen LogP contribution in [0.15, 0.2) is 61.1 Å². The summed E-state index contributed by atoms with van der Waals surface area (Å²) >= 11 is 0. The summed E-state index contributed by atoms with van der Waals surface area (Å²) in [6.07, 6.45) is 12.6. The zero-order valence-corrected chi connectivity index (χ0v) is 11.3. The standard InChI is InChI=1S/C16H18N3/c1-14-15(18-11-4-3-5-12-18)8-6-9-16(14)19-13-7-10-17(19)2/h3-11,13H,12H2,1-2H3/q+1. The largest absolute Gasteiger partial charge is 0.344 e. The number of allylic oxidation sites excluding steroid dienone is 2. The second-order valence-corrected chi connectivity index (χ2v) is 4.75. The Labute approximate surface area is 113 Å². The van der Waals surface area contributed by atoms with E-state index in [9.17, 15) is 0 Å². The van der Waals surface area contributed by atoms with E-state index in [2.05, 4.69) is 89.3 Å². The average Bonchev–Trinajstić information content (AvgIpc) is 2.86. The SMILES string of the molecule is Cc1c(N2C=CC=CC2)cccc1-n1ccc[n+]1C. The molecule has 0 atom stereocenters. The predicted octanol–water partition coefficient (Wildman–Crippen LogP) is 2.50. The fourth-order valence-electron chi connectivity index (χ4n) is 2.49. The Morgan fingerprint density at radius 3 is 2.63 bits per heavy atom. The summed E-state index contributed by atoms with van der Waals surface area (Å²) in [6.45, 7) is 3.11. The summed E-state index contributed by atoms with van der Waals surface area (Å²) < 4.78 is 4.24. The van der Waals surface area contributed by atoms with E-state index >= 15 is 0 Å². The van der Waals surface area contributed by atoms with Crippen molar-refractivity contribution in [2.75, 3.05) is 11.4 Å². The zero-order valence-electron chi connectivity index (χ0n) is 11.3. The number of nitrogens with zero attached hydrogens (tertiary/aromatic N) is 3. The molecule has 0 radical (unpaired) electrons. The minimum atomic E-state index is 0.929. The summed E-state index contributed by atoms with van der Waals surface area (Å²) in [5.74, 6) is 0. The first-order valence-electron chi connectivity index (χ1n) is 6.50. The average molecular weight is 252 g/mol. The van der Waals surface area contributed by atoms with Gasteiger partial charge < -0.3 is 4.90 Å². The Morgan fingerprint density at radius 2 is 1.95 bits per heavy atom. The summed E-state index contributed by atoms with van der Waals surface area (Å²) in [7, 11) is 2.05. The zero-order chi connectivity index (χ0) is 13.2. The van der Waals surface area contributed by atoms with Crippen LogP contribution in [-0.4, -0.2) is 11.2 Å². The molecule has 96 valence electrons. The van der Waals surface area contributed by atoms with E-state index in [0.29, 0.717) is 0 Å². The Balaban J connectivity index is 2.07. The van der Waals surface area contributed by atoms with Crippen molar-refractivity contribution in [2.24, 2.45) is 7.05 Å². The van der Waals surface area contributed by atoms with Crippen LogP contribution < -0.4 is 9.58 Å². The second kappa shape index (κ2) is 4.76. The third kappa shape index (κ3) is 2.08. The van der Waals surface area contributed by atoms with Crippen LogP contribution in [0.1, 0.15) is 5.56 Å². The van der Waals surface area contributed by atoms with Crippen LogP contribution in [0.3, 0.4) is 0 Å². The normalized spacial score (nSPS) is 14.1. The van der Waals surface area contributed by atoms with E-state index < -0.39 is 0 Å². The number of anilines is 1. The molecule has 2 heterocycles. The summed E-state index contributed by atoms with van der Waals surface area (Å²) in [4.78, 5) is 2.27. The van der Waals surface area contributed by atoms with Crippen molar-refractivity contribution in [2.45, 2.75) is 6.92 Å². The van der Waals surface area contributed by atoms with E-state index in [1.807, 2.05) is 0 Å². The van der Waals surface area contributed by atoms with Crippen molar-refractivity contribution < 1.29 is 4.68 Å². The van der Waals surface area contributed by atoms with Crippen molar-refractivity contribution in [1.82, 2.24) is 4.68 Å². The maximum atomic E-state index is 2.27. The van der Waals surface area contributed by atoms with Gasteiger partial charge in [-0.1, -0.05) is 18.2 Å². The van der Waals surface area contributed by atoms with Gasteiger partial charge in [-0.15, -0.1) is 9.36 Å². The van der Waals surface area contributed by atoms with E-state index in [1.165, 1.54) is 16.9 Å². The molecule has 3 rings (SSSR count). The van der Waals surface area contributed by atoms with E-state index in [1.54, 1.807) is 0 Å². The van der Waals surface area contributed by atoms with Crippen LogP contribution in [0.4, 0.5) is 5.69 Å². The molecule has 0 unspecified atom stereocenters. The molecule has 0 saturated heterocycles. The highest BCUT2D eigenvalue weighted by molar-refractivity contribution is 5.63. The Bertz CT molecular complexity index is 650. The molecule has 0 aliphatic carbocycles. The molecule has 2 aromatic rings. The monoisotopic (exact) mass is 252 g/mol.